The number of benzene rings is 3. The van der Waals surface area contributed by atoms with Crippen molar-refractivity contribution < 1.29 is 52.2 Å². The molecule has 3 aromatic carbocycles. The molecule has 0 saturated heterocycles. The smallest absolute Gasteiger partial charge is 0.338 e. The molecular weight excluding hydrogens is 562 g/mol. The first-order chi connectivity index (χ1) is 20.9. The first-order valence-corrected chi connectivity index (χ1v) is 13.2. The van der Waals surface area contributed by atoms with Crippen LogP contribution in [-0.4, -0.2) is 67.6 Å². The average Bonchev–Trinajstić information content (AvgIpc) is 3.73. The molecule has 0 radical (unpaired) electrons. The maximum Gasteiger partial charge on any atom is 0.338 e. The number of esters is 1. The lowest BCUT2D eigenvalue weighted by Gasteiger charge is -2.18. The number of ether oxygens (including phenoxy) is 9. The standard InChI is InChI=1S/C31H31NO11/c1-35-20-8-6-17(12-21(20)36-2)10-11-32-24(33)9-7-18-13-22(37-3)27-29(42-15-40-27)25(18)26-19(31(34)39-5)14-23(38-4)28-30(26)43-16-41-28/h6-9,12-14H,10-11,15-16H2,1-5H3,(H,32,33)/b9-7+. The normalized spacial score (nSPS) is 12.7. The lowest BCUT2D eigenvalue weighted by molar-refractivity contribution is -0.116. The molecule has 12 heteroatoms. The Morgan fingerprint density at radius 3 is 1.98 bits per heavy atom. The van der Waals surface area contributed by atoms with Crippen molar-refractivity contribution in [3.8, 4) is 57.1 Å². The lowest BCUT2D eigenvalue weighted by atomic mass is 9.91. The Morgan fingerprint density at radius 2 is 1.35 bits per heavy atom. The van der Waals surface area contributed by atoms with Crippen molar-refractivity contribution in [3.63, 3.8) is 0 Å². The molecule has 0 aromatic heterocycles. The summed E-state index contributed by atoms with van der Waals surface area (Å²) >= 11 is 0. The van der Waals surface area contributed by atoms with E-state index in [9.17, 15) is 9.59 Å². The Balaban J connectivity index is 1.50. The molecule has 0 spiro atoms. The molecule has 12 nitrogen and oxygen atoms in total. The van der Waals surface area contributed by atoms with Gasteiger partial charge >= 0.3 is 5.97 Å². The number of carbonyl (C=O) groups excluding carboxylic acids is 2. The Morgan fingerprint density at radius 1 is 0.744 bits per heavy atom. The number of rotatable bonds is 11. The fourth-order valence-electron chi connectivity index (χ4n) is 4.90. The van der Waals surface area contributed by atoms with Crippen LogP contribution in [0.2, 0.25) is 0 Å². The van der Waals surface area contributed by atoms with E-state index in [0.717, 1.165) is 5.56 Å². The van der Waals surface area contributed by atoms with E-state index in [1.54, 1.807) is 26.4 Å². The third kappa shape index (κ3) is 5.63. The van der Waals surface area contributed by atoms with Crippen LogP contribution in [0.1, 0.15) is 21.5 Å². The summed E-state index contributed by atoms with van der Waals surface area (Å²) in [6.07, 6.45) is 3.55. The van der Waals surface area contributed by atoms with Crippen LogP contribution < -0.4 is 43.2 Å². The molecule has 226 valence electrons. The second-order valence-electron chi connectivity index (χ2n) is 9.23. The largest absolute Gasteiger partial charge is 0.493 e. The van der Waals surface area contributed by atoms with Gasteiger partial charge in [-0.05, 0) is 47.9 Å². The molecule has 3 aromatic rings. The van der Waals surface area contributed by atoms with E-state index in [4.69, 9.17) is 42.6 Å². The summed E-state index contributed by atoms with van der Waals surface area (Å²) in [5.74, 6) is 2.16. The van der Waals surface area contributed by atoms with Gasteiger partial charge in [-0.1, -0.05) is 6.07 Å². The molecule has 0 atom stereocenters. The molecular formula is C31H31NO11. The Labute approximate surface area is 247 Å². The molecule has 2 heterocycles. The number of fused-ring (bicyclic) bond motifs is 2. The van der Waals surface area contributed by atoms with Gasteiger partial charge in [-0.15, -0.1) is 0 Å². The van der Waals surface area contributed by atoms with Crippen LogP contribution in [0, 0.1) is 0 Å². The minimum atomic E-state index is -0.641. The van der Waals surface area contributed by atoms with Gasteiger partial charge in [-0.25, -0.2) is 4.79 Å². The third-order valence-electron chi connectivity index (χ3n) is 6.92. The number of nitrogens with one attached hydrogen (secondary N) is 1. The van der Waals surface area contributed by atoms with Crippen LogP contribution in [-0.2, 0) is 16.0 Å². The van der Waals surface area contributed by atoms with Gasteiger partial charge in [0.05, 0.1) is 41.1 Å². The zero-order chi connectivity index (χ0) is 30.5. The first kappa shape index (κ1) is 29.2. The highest BCUT2D eigenvalue weighted by atomic mass is 16.7. The highest BCUT2D eigenvalue weighted by Crippen LogP contribution is 2.56. The molecule has 0 bridgehead atoms. The van der Waals surface area contributed by atoms with Crippen LogP contribution in [0.25, 0.3) is 17.2 Å². The Bertz CT molecular complexity index is 1580. The first-order valence-electron chi connectivity index (χ1n) is 13.2. The number of amides is 1. The van der Waals surface area contributed by atoms with Crippen LogP contribution in [0.4, 0.5) is 0 Å². The van der Waals surface area contributed by atoms with Gasteiger partial charge in [0.15, 0.2) is 34.5 Å². The predicted molar refractivity (Wildman–Crippen MR) is 154 cm³/mol. The molecule has 2 aliphatic heterocycles. The van der Waals surface area contributed by atoms with E-state index in [-0.39, 0.29) is 30.8 Å². The molecule has 0 fully saturated rings. The maximum absolute atomic E-state index is 13.0. The topological polar surface area (TPSA) is 129 Å². The summed E-state index contributed by atoms with van der Waals surface area (Å²) in [7, 11) is 7.37. The van der Waals surface area contributed by atoms with E-state index >= 15 is 0 Å². The quantitative estimate of drug-likeness (QED) is 0.256. The molecule has 2 aliphatic rings. The van der Waals surface area contributed by atoms with E-state index in [1.807, 2.05) is 18.2 Å². The van der Waals surface area contributed by atoms with E-state index in [1.165, 1.54) is 33.5 Å². The summed E-state index contributed by atoms with van der Waals surface area (Å²) in [6.45, 7) is 0.206. The zero-order valence-corrected chi connectivity index (χ0v) is 24.4. The minimum Gasteiger partial charge on any atom is -0.493 e. The SMILES string of the molecule is COC(=O)c1cc(OC)c2c(c1-c1c(/C=C/C(=O)NCCc3ccc(OC)c(OC)c3)cc(OC)c3c1OCO3)OCO2. The second kappa shape index (κ2) is 12.7. The van der Waals surface area contributed by atoms with Crippen molar-refractivity contribution in [1.29, 1.82) is 0 Å². The van der Waals surface area contributed by atoms with Crippen molar-refractivity contribution in [1.82, 2.24) is 5.32 Å². The zero-order valence-electron chi connectivity index (χ0n) is 24.4. The van der Waals surface area contributed by atoms with E-state index in [2.05, 4.69) is 5.32 Å². The van der Waals surface area contributed by atoms with Crippen molar-refractivity contribution in [2.45, 2.75) is 6.42 Å². The minimum absolute atomic E-state index is 0.0776. The van der Waals surface area contributed by atoms with Crippen molar-refractivity contribution in [2.75, 3.05) is 55.7 Å². The summed E-state index contributed by atoms with van der Waals surface area (Å²) in [5, 5.41) is 2.88. The molecule has 0 saturated carbocycles. The predicted octanol–water partition coefficient (Wildman–Crippen LogP) is 4.00. The average molecular weight is 594 g/mol. The molecule has 0 aliphatic carbocycles. The Hall–Kier alpha value is -5.26. The molecule has 5 rings (SSSR count). The molecule has 0 unspecified atom stereocenters. The monoisotopic (exact) mass is 593 g/mol. The van der Waals surface area contributed by atoms with Gasteiger partial charge in [0.2, 0.25) is 31.0 Å². The fraction of sp³-hybridized carbons (Fsp3) is 0.290. The van der Waals surface area contributed by atoms with Crippen LogP contribution in [0.15, 0.2) is 36.4 Å². The van der Waals surface area contributed by atoms with E-state index in [0.29, 0.717) is 69.9 Å². The lowest BCUT2D eigenvalue weighted by Crippen LogP contribution is -2.23. The summed E-state index contributed by atoms with van der Waals surface area (Å²) in [5.41, 5.74) is 2.35. The maximum atomic E-state index is 13.0. The van der Waals surface area contributed by atoms with Crippen molar-refractivity contribution >= 4 is 18.0 Å². The van der Waals surface area contributed by atoms with Gasteiger partial charge in [0.1, 0.15) is 0 Å². The summed E-state index contributed by atoms with van der Waals surface area (Å²) in [6, 6.07) is 8.79. The van der Waals surface area contributed by atoms with E-state index < -0.39 is 5.97 Å². The van der Waals surface area contributed by atoms with Gasteiger partial charge in [-0.3, -0.25) is 4.79 Å². The number of carbonyl (C=O) groups is 2. The Kier molecular flexibility index (Phi) is 8.65. The third-order valence-corrected chi connectivity index (χ3v) is 6.92. The fourth-order valence-corrected chi connectivity index (χ4v) is 4.90. The summed E-state index contributed by atoms with van der Waals surface area (Å²) in [4.78, 5) is 25.9. The summed E-state index contributed by atoms with van der Waals surface area (Å²) < 4.78 is 49.8. The van der Waals surface area contributed by atoms with Crippen LogP contribution >= 0.6 is 0 Å². The highest BCUT2D eigenvalue weighted by Gasteiger charge is 2.35. The highest BCUT2D eigenvalue weighted by molar-refractivity contribution is 6.05. The van der Waals surface area contributed by atoms with Gasteiger partial charge in [-0.2, -0.15) is 0 Å². The molecule has 1 N–H and O–H groups in total. The van der Waals surface area contributed by atoms with Crippen molar-refractivity contribution in [2.24, 2.45) is 0 Å². The number of methoxy groups -OCH3 is 5. The molecule has 43 heavy (non-hydrogen) atoms. The van der Waals surface area contributed by atoms with Crippen LogP contribution in [0.5, 0.6) is 46.0 Å². The van der Waals surface area contributed by atoms with Gasteiger partial charge in [0.25, 0.3) is 0 Å². The van der Waals surface area contributed by atoms with Gasteiger partial charge in [0, 0.05) is 23.7 Å². The number of hydrogen-bond acceptors (Lipinski definition) is 11. The van der Waals surface area contributed by atoms with Crippen molar-refractivity contribution in [3.05, 3.63) is 53.1 Å². The number of hydrogen-bond donors (Lipinski definition) is 1. The second-order valence-corrected chi connectivity index (χ2v) is 9.23. The molecule has 1 amide bonds. The van der Waals surface area contributed by atoms with Crippen LogP contribution in [0.3, 0.4) is 0 Å². The van der Waals surface area contributed by atoms with Gasteiger partial charge < -0.3 is 47.9 Å².